The van der Waals surface area contributed by atoms with Gasteiger partial charge in [-0.3, -0.25) is 0 Å². The maximum Gasteiger partial charge on any atom is 0.0208 e. The Labute approximate surface area is 100 Å². The normalized spacial score (nSPS) is 24.2. The van der Waals surface area contributed by atoms with E-state index in [1.54, 1.807) is 0 Å². The summed E-state index contributed by atoms with van der Waals surface area (Å²) in [7, 11) is 0. The molecule has 15 heavy (non-hydrogen) atoms. The number of benzene rings is 1. The fourth-order valence-electron chi connectivity index (χ4n) is 2.01. The highest BCUT2D eigenvalue weighted by atomic mass is 79.9. The van der Waals surface area contributed by atoms with E-state index in [-0.39, 0.29) is 0 Å². The minimum absolute atomic E-state index is 0.777. The molecule has 0 bridgehead atoms. The van der Waals surface area contributed by atoms with Gasteiger partial charge in [0, 0.05) is 17.1 Å². The van der Waals surface area contributed by atoms with Crippen molar-refractivity contribution in [2.24, 2.45) is 5.92 Å². The molecule has 1 aromatic rings. The van der Waals surface area contributed by atoms with Crippen molar-refractivity contribution in [3.05, 3.63) is 33.8 Å². The molecule has 0 amide bonds. The minimum Gasteiger partial charge on any atom is -0.310 e. The Hall–Kier alpha value is -0.340. The molecule has 0 heterocycles. The molecule has 0 aromatic heterocycles. The summed E-state index contributed by atoms with van der Waals surface area (Å²) in [5, 5.41) is 3.61. The van der Waals surface area contributed by atoms with Gasteiger partial charge in [0.05, 0.1) is 0 Å². The molecule has 1 N–H and O–H groups in total. The molecule has 1 nitrogen and oxygen atoms in total. The van der Waals surface area contributed by atoms with Gasteiger partial charge < -0.3 is 5.32 Å². The second kappa shape index (κ2) is 4.67. The lowest BCUT2D eigenvalue weighted by molar-refractivity contribution is 0.623. The van der Waals surface area contributed by atoms with Crippen molar-refractivity contribution in [1.29, 1.82) is 0 Å². The van der Waals surface area contributed by atoms with Crippen molar-refractivity contribution in [1.82, 2.24) is 5.32 Å². The van der Waals surface area contributed by atoms with Crippen molar-refractivity contribution in [3.8, 4) is 0 Å². The number of hydrogen-bond donors (Lipinski definition) is 1. The molecule has 1 aliphatic carbocycles. The van der Waals surface area contributed by atoms with E-state index in [0.717, 1.165) is 18.5 Å². The summed E-state index contributed by atoms with van der Waals surface area (Å²) in [5.74, 6) is 0.932. The molecule has 2 atom stereocenters. The van der Waals surface area contributed by atoms with Gasteiger partial charge >= 0.3 is 0 Å². The highest BCUT2D eigenvalue weighted by molar-refractivity contribution is 9.10. The van der Waals surface area contributed by atoms with Crippen LogP contribution < -0.4 is 5.32 Å². The fourth-order valence-corrected chi connectivity index (χ4v) is 2.26. The first-order valence-corrected chi connectivity index (χ1v) is 6.48. The van der Waals surface area contributed by atoms with Gasteiger partial charge in [-0.1, -0.05) is 41.4 Å². The molecule has 0 aliphatic heterocycles. The number of rotatable bonds is 4. The molecule has 1 fully saturated rings. The van der Waals surface area contributed by atoms with Gasteiger partial charge in [0.2, 0.25) is 0 Å². The maximum absolute atomic E-state index is 3.61. The highest BCUT2D eigenvalue weighted by Crippen LogP contribution is 2.33. The molecule has 2 rings (SSSR count). The number of halogens is 1. The Bertz CT molecular complexity index is 348. The predicted molar refractivity (Wildman–Crippen MR) is 67.9 cm³/mol. The molecular weight excluding hydrogens is 250 g/mol. The van der Waals surface area contributed by atoms with Crippen LogP contribution in [0.5, 0.6) is 0 Å². The Balaban J connectivity index is 1.86. The summed E-state index contributed by atoms with van der Waals surface area (Å²) in [6.07, 6.45) is 2.68. The third-order valence-corrected chi connectivity index (χ3v) is 4.13. The average molecular weight is 268 g/mol. The SMILES string of the molecule is CCC1CC1NCc1ccc(Br)c(C)c1. The van der Waals surface area contributed by atoms with Gasteiger partial charge in [0.15, 0.2) is 0 Å². The largest absolute Gasteiger partial charge is 0.310 e. The van der Waals surface area contributed by atoms with Crippen molar-refractivity contribution >= 4 is 15.9 Å². The minimum atomic E-state index is 0.777. The van der Waals surface area contributed by atoms with Crippen LogP contribution in [-0.4, -0.2) is 6.04 Å². The summed E-state index contributed by atoms with van der Waals surface area (Å²) in [4.78, 5) is 0. The van der Waals surface area contributed by atoms with Gasteiger partial charge in [-0.15, -0.1) is 0 Å². The Morgan fingerprint density at radius 1 is 1.47 bits per heavy atom. The van der Waals surface area contributed by atoms with Gasteiger partial charge in [-0.25, -0.2) is 0 Å². The first-order valence-electron chi connectivity index (χ1n) is 5.69. The molecule has 2 heteroatoms. The monoisotopic (exact) mass is 267 g/mol. The smallest absolute Gasteiger partial charge is 0.0208 e. The molecule has 0 saturated heterocycles. The quantitative estimate of drug-likeness (QED) is 0.879. The van der Waals surface area contributed by atoms with Crippen LogP contribution in [0.4, 0.5) is 0 Å². The third kappa shape index (κ3) is 2.82. The Morgan fingerprint density at radius 3 is 2.87 bits per heavy atom. The van der Waals surface area contributed by atoms with Crippen LogP contribution in [0.1, 0.15) is 30.9 Å². The van der Waals surface area contributed by atoms with Crippen LogP contribution in [0.25, 0.3) is 0 Å². The lowest BCUT2D eigenvalue weighted by Crippen LogP contribution is -2.17. The lowest BCUT2D eigenvalue weighted by Gasteiger charge is -2.06. The van der Waals surface area contributed by atoms with E-state index in [2.05, 4.69) is 53.3 Å². The number of aryl methyl sites for hydroxylation is 1. The van der Waals surface area contributed by atoms with E-state index in [4.69, 9.17) is 0 Å². The summed E-state index contributed by atoms with van der Waals surface area (Å²) in [6.45, 7) is 5.42. The summed E-state index contributed by atoms with van der Waals surface area (Å²) in [5.41, 5.74) is 2.70. The zero-order valence-electron chi connectivity index (χ0n) is 9.39. The zero-order valence-corrected chi connectivity index (χ0v) is 11.0. The van der Waals surface area contributed by atoms with E-state index in [9.17, 15) is 0 Å². The molecule has 1 saturated carbocycles. The Morgan fingerprint density at radius 2 is 2.27 bits per heavy atom. The van der Waals surface area contributed by atoms with Crippen LogP contribution >= 0.6 is 15.9 Å². The van der Waals surface area contributed by atoms with E-state index in [0.29, 0.717) is 0 Å². The topological polar surface area (TPSA) is 12.0 Å². The number of hydrogen-bond acceptors (Lipinski definition) is 1. The molecule has 0 spiro atoms. The summed E-state index contributed by atoms with van der Waals surface area (Å²) < 4.78 is 1.20. The van der Waals surface area contributed by atoms with E-state index >= 15 is 0 Å². The van der Waals surface area contributed by atoms with Crippen molar-refractivity contribution in [2.45, 2.75) is 39.3 Å². The van der Waals surface area contributed by atoms with Gasteiger partial charge in [0.25, 0.3) is 0 Å². The summed E-state index contributed by atoms with van der Waals surface area (Å²) in [6, 6.07) is 7.35. The van der Waals surface area contributed by atoms with Crippen molar-refractivity contribution in [2.75, 3.05) is 0 Å². The van der Waals surface area contributed by atoms with Crippen LogP contribution in [0.15, 0.2) is 22.7 Å². The first kappa shape index (κ1) is 11.2. The average Bonchev–Trinajstić information content (AvgIpc) is 2.98. The van der Waals surface area contributed by atoms with Crippen molar-refractivity contribution < 1.29 is 0 Å². The second-order valence-corrected chi connectivity index (χ2v) is 5.33. The standard InChI is InChI=1S/C13H18BrN/c1-3-11-7-13(11)15-8-10-4-5-12(14)9(2)6-10/h4-6,11,13,15H,3,7-8H2,1-2H3. The number of nitrogens with one attached hydrogen (secondary N) is 1. The van der Waals surface area contributed by atoms with Crippen LogP contribution in [0.3, 0.4) is 0 Å². The molecule has 82 valence electrons. The molecule has 0 radical (unpaired) electrons. The van der Waals surface area contributed by atoms with Crippen molar-refractivity contribution in [3.63, 3.8) is 0 Å². The molecule has 2 unspecified atom stereocenters. The highest BCUT2D eigenvalue weighted by Gasteiger charge is 2.34. The predicted octanol–water partition coefficient (Wildman–Crippen LogP) is 3.65. The molecular formula is C13H18BrN. The zero-order chi connectivity index (χ0) is 10.8. The first-order chi connectivity index (χ1) is 7.20. The molecule has 1 aromatic carbocycles. The van der Waals surface area contributed by atoms with Gasteiger partial charge in [-0.05, 0) is 36.5 Å². The fraction of sp³-hybridized carbons (Fsp3) is 0.538. The van der Waals surface area contributed by atoms with E-state index in [1.807, 2.05) is 0 Å². The Kier molecular flexibility index (Phi) is 3.47. The van der Waals surface area contributed by atoms with Gasteiger partial charge in [0.1, 0.15) is 0 Å². The van der Waals surface area contributed by atoms with Crippen LogP contribution in [0, 0.1) is 12.8 Å². The van der Waals surface area contributed by atoms with Gasteiger partial charge in [-0.2, -0.15) is 0 Å². The maximum atomic E-state index is 3.61. The second-order valence-electron chi connectivity index (χ2n) is 4.47. The van der Waals surface area contributed by atoms with E-state index in [1.165, 1.54) is 28.4 Å². The van der Waals surface area contributed by atoms with E-state index < -0.39 is 0 Å². The van der Waals surface area contributed by atoms with Crippen LogP contribution in [-0.2, 0) is 6.54 Å². The third-order valence-electron chi connectivity index (χ3n) is 3.24. The lowest BCUT2D eigenvalue weighted by atomic mass is 10.1. The molecule has 1 aliphatic rings. The summed E-state index contributed by atoms with van der Waals surface area (Å²) >= 11 is 3.52. The van der Waals surface area contributed by atoms with Crippen LogP contribution in [0.2, 0.25) is 0 Å².